The Morgan fingerprint density at radius 1 is 1.41 bits per heavy atom. The molecular weight excluding hydrogens is 216 g/mol. The molecule has 0 aliphatic rings. The van der Waals surface area contributed by atoms with Gasteiger partial charge in [-0.2, -0.15) is 0 Å². The standard InChI is InChI=1S/C13H12N2O2/c1-3-10-14-11-8-6-7(2)4-5-9(8)17-12(11)13(16)15-10/h4-6H,3H2,1-2H3,(H,14,15,16). The summed E-state index contributed by atoms with van der Waals surface area (Å²) in [5, 5.41) is 0.904. The molecule has 2 heterocycles. The molecule has 1 aromatic carbocycles. The zero-order chi connectivity index (χ0) is 12.0. The van der Waals surface area contributed by atoms with Gasteiger partial charge in [0.2, 0.25) is 5.58 Å². The van der Waals surface area contributed by atoms with Crippen LogP contribution in [0.25, 0.3) is 22.1 Å². The van der Waals surface area contributed by atoms with Gasteiger partial charge in [0.05, 0.1) is 0 Å². The Bertz CT molecular complexity index is 768. The van der Waals surface area contributed by atoms with E-state index in [0.717, 1.165) is 10.9 Å². The summed E-state index contributed by atoms with van der Waals surface area (Å²) in [6.45, 7) is 3.96. The van der Waals surface area contributed by atoms with Gasteiger partial charge in [0.1, 0.15) is 16.9 Å². The molecule has 0 amide bonds. The number of furan rings is 1. The Morgan fingerprint density at radius 2 is 2.24 bits per heavy atom. The molecule has 4 nitrogen and oxygen atoms in total. The molecule has 86 valence electrons. The SMILES string of the molecule is CCc1nc2c(oc3ccc(C)cc32)c(=O)[nH]1. The lowest BCUT2D eigenvalue weighted by Crippen LogP contribution is -2.09. The highest BCUT2D eigenvalue weighted by Gasteiger charge is 2.12. The fourth-order valence-electron chi connectivity index (χ4n) is 1.98. The Morgan fingerprint density at radius 3 is 3.00 bits per heavy atom. The van der Waals surface area contributed by atoms with Crippen LogP contribution < -0.4 is 5.56 Å². The monoisotopic (exact) mass is 228 g/mol. The average Bonchev–Trinajstić information content (AvgIpc) is 2.68. The molecule has 0 aliphatic carbocycles. The maximum absolute atomic E-state index is 11.8. The third-order valence-electron chi connectivity index (χ3n) is 2.86. The third kappa shape index (κ3) is 1.45. The van der Waals surface area contributed by atoms with Gasteiger partial charge in [-0.15, -0.1) is 0 Å². The predicted molar refractivity (Wildman–Crippen MR) is 66.3 cm³/mol. The Hall–Kier alpha value is -2.10. The molecule has 0 radical (unpaired) electrons. The molecule has 0 atom stereocenters. The van der Waals surface area contributed by atoms with Gasteiger partial charge in [0, 0.05) is 11.8 Å². The van der Waals surface area contributed by atoms with E-state index in [2.05, 4.69) is 9.97 Å². The van der Waals surface area contributed by atoms with Crippen LogP contribution in [0.1, 0.15) is 18.3 Å². The number of benzene rings is 1. The van der Waals surface area contributed by atoms with Crippen molar-refractivity contribution in [3.63, 3.8) is 0 Å². The summed E-state index contributed by atoms with van der Waals surface area (Å²) in [6, 6.07) is 5.82. The molecule has 0 aliphatic heterocycles. The van der Waals surface area contributed by atoms with Gasteiger partial charge in [0.25, 0.3) is 5.56 Å². The number of hydrogen-bond donors (Lipinski definition) is 1. The first-order valence-electron chi connectivity index (χ1n) is 5.61. The Kier molecular flexibility index (Phi) is 2.04. The van der Waals surface area contributed by atoms with Crippen molar-refractivity contribution in [1.82, 2.24) is 9.97 Å². The van der Waals surface area contributed by atoms with Gasteiger partial charge in [0.15, 0.2) is 0 Å². The first kappa shape index (κ1) is 10.1. The van der Waals surface area contributed by atoms with Crippen LogP contribution in [0, 0.1) is 6.92 Å². The van der Waals surface area contributed by atoms with Crippen molar-refractivity contribution in [2.75, 3.05) is 0 Å². The van der Waals surface area contributed by atoms with E-state index in [4.69, 9.17) is 4.42 Å². The number of aromatic nitrogens is 2. The smallest absolute Gasteiger partial charge is 0.294 e. The van der Waals surface area contributed by atoms with E-state index in [1.807, 2.05) is 32.0 Å². The maximum Gasteiger partial charge on any atom is 0.294 e. The van der Waals surface area contributed by atoms with Crippen LogP contribution in [-0.2, 0) is 6.42 Å². The molecule has 0 fully saturated rings. The minimum atomic E-state index is -0.208. The molecule has 3 rings (SSSR count). The topological polar surface area (TPSA) is 58.9 Å². The van der Waals surface area contributed by atoms with Crippen LogP contribution >= 0.6 is 0 Å². The maximum atomic E-state index is 11.8. The zero-order valence-electron chi connectivity index (χ0n) is 9.70. The number of aryl methyl sites for hydroxylation is 2. The summed E-state index contributed by atoms with van der Waals surface area (Å²) in [6.07, 6.45) is 0.698. The number of nitrogens with one attached hydrogen (secondary N) is 1. The number of H-pyrrole nitrogens is 1. The molecule has 0 bridgehead atoms. The molecule has 4 heteroatoms. The van der Waals surface area contributed by atoms with E-state index in [0.29, 0.717) is 28.9 Å². The fourth-order valence-corrected chi connectivity index (χ4v) is 1.98. The van der Waals surface area contributed by atoms with Crippen LogP contribution in [0.2, 0.25) is 0 Å². The minimum absolute atomic E-state index is 0.208. The van der Waals surface area contributed by atoms with Crippen LogP contribution in [-0.4, -0.2) is 9.97 Å². The Labute approximate surface area is 97.3 Å². The summed E-state index contributed by atoms with van der Waals surface area (Å²) in [4.78, 5) is 19.0. The number of rotatable bonds is 1. The van der Waals surface area contributed by atoms with Crippen LogP contribution in [0.3, 0.4) is 0 Å². The van der Waals surface area contributed by atoms with Crippen LogP contribution in [0.15, 0.2) is 27.4 Å². The average molecular weight is 228 g/mol. The van der Waals surface area contributed by atoms with E-state index >= 15 is 0 Å². The van der Waals surface area contributed by atoms with Gasteiger partial charge in [-0.1, -0.05) is 18.6 Å². The molecule has 2 aromatic heterocycles. The first-order chi connectivity index (χ1) is 8.19. The first-order valence-corrected chi connectivity index (χ1v) is 5.61. The molecular formula is C13H12N2O2. The lowest BCUT2D eigenvalue weighted by atomic mass is 10.2. The van der Waals surface area contributed by atoms with Gasteiger partial charge in [-0.3, -0.25) is 4.79 Å². The second-order valence-electron chi connectivity index (χ2n) is 4.15. The van der Waals surface area contributed by atoms with Crippen molar-refractivity contribution in [3.05, 3.63) is 39.9 Å². The van der Waals surface area contributed by atoms with Crippen LogP contribution in [0.5, 0.6) is 0 Å². The van der Waals surface area contributed by atoms with E-state index < -0.39 is 0 Å². The minimum Gasteiger partial charge on any atom is -0.449 e. The van der Waals surface area contributed by atoms with Gasteiger partial charge in [-0.25, -0.2) is 4.98 Å². The van der Waals surface area contributed by atoms with Gasteiger partial charge in [-0.05, 0) is 19.1 Å². The summed E-state index contributed by atoms with van der Waals surface area (Å²) >= 11 is 0. The highest BCUT2D eigenvalue weighted by Crippen LogP contribution is 2.25. The van der Waals surface area contributed by atoms with E-state index in [1.54, 1.807) is 0 Å². The predicted octanol–water partition coefficient (Wildman–Crippen LogP) is 2.54. The fraction of sp³-hybridized carbons (Fsp3) is 0.231. The van der Waals surface area contributed by atoms with Crippen molar-refractivity contribution in [2.45, 2.75) is 20.3 Å². The molecule has 17 heavy (non-hydrogen) atoms. The lowest BCUT2D eigenvalue weighted by Gasteiger charge is -1.95. The second kappa shape index (κ2) is 3.45. The van der Waals surface area contributed by atoms with Crippen molar-refractivity contribution in [3.8, 4) is 0 Å². The largest absolute Gasteiger partial charge is 0.449 e. The quantitative estimate of drug-likeness (QED) is 0.696. The third-order valence-corrected chi connectivity index (χ3v) is 2.86. The number of aromatic amines is 1. The van der Waals surface area contributed by atoms with Crippen LogP contribution in [0.4, 0.5) is 0 Å². The van der Waals surface area contributed by atoms with Crippen molar-refractivity contribution < 1.29 is 4.42 Å². The van der Waals surface area contributed by atoms with Gasteiger partial charge >= 0.3 is 0 Å². The van der Waals surface area contributed by atoms with E-state index in [-0.39, 0.29) is 5.56 Å². The summed E-state index contributed by atoms with van der Waals surface area (Å²) in [5.41, 5.74) is 2.59. The second-order valence-corrected chi connectivity index (χ2v) is 4.15. The summed E-state index contributed by atoms with van der Waals surface area (Å²) < 4.78 is 5.53. The number of nitrogens with zero attached hydrogens (tertiary/aromatic N) is 1. The lowest BCUT2D eigenvalue weighted by molar-refractivity contribution is 0.659. The molecule has 0 saturated heterocycles. The highest BCUT2D eigenvalue weighted by atomic mass is 16.3. The molecule has 0 spiro atoms. The number of hydrogen-bond acceptors (Lipinski definition) is 3. The summed E-state index contributed by atoms with van der Waals surface area (Å²) in [5.74, 6) is 0.687. The van der Waals surface area contributed by atoms with Gasteiger partial charge < -0.3 is 9.40 Å². The summed E-state index contributed by atoms with van der Waals surface area (Å²) in [7, 11) is 0. The van der Waals surface area contributed by atoms with E-state index in [9.17, 15) is 4.79 Å². The molecule has 0 saturated carbocycles. The number of fused-ring (bicyclic) bond motifs is 3. The molecule has 0 unspecified atom stereocenters. The normalized spacial score (nSPS) is 11.4. The Balaban J connectivity index is 2.54. The van der Waals surface area contributed by atoms with Crippen molar-refractivity contribution >= 4 is 22.1 Å². The zero-order valence-corrected chi connectivity index (χ0v) is 9.70. The van der Waals surface area contributed by atoms with Crippen molar-refractivity contribution in [2.24, 2.45) is 0 Å². The van der Waals surface area contributed by atoms with Crippen molar-refractivity contribution in [1.29, 1.82) is 0 Å². The van der Waals surface area contributed by atoms with E-state index in [1.165, 1.54) is 0 Å². The highest BCUT2D eigenvalue weighted by molar-refractivity contribution is 6.02. The molecule has 3 aromatic rings. The molecule has 1 N–H and O–H groups in total.